The first kappa shape index (κ1) is 18.3. The Hall–Kier alpha value is -2.50. The van der Waals surface area contributed by atoms with E-state index in [1.54, 1.807) is 31.4 Å². The minimum absolute atomic E-state index is 0.0598. The average molecular weight is 360 g/mol. The Morgan fingerprint density at radius 2 is 1.92 bits per heavy atom. The molecule has 0 amide bonds. The van der Waals surface area contributed by atoms with Gasteiger partial charge in [0.1, 0.15) is 30.0 Å². The van der Waals surface area contributed by atoms with Crippen LogP contribution in [0.4, 0.5) is 0 Å². The van der Waals surface area contributed by atoms with Gasteiger partial charge in [-0.05, 0) is 43.5 Å². The fraction of sp³-hybridized carbons (Fsp3) is 0.500. The maximum Gasteiger partial charge on any atom is 0.306 e. The number of esters is 1. The fourth-order valence-electron chi connectivity index (χ4n) is 3.33. The molecular weight excluding hydrogens is 336 g/mol. The van der Waals surface area contributed by atoms with Gasteiger partial charge in [-0.1, -0.05) is 6.92 Å². The van der Waals surface area contributed by atoms with Crippen molar-refractivity contribution in [2.24, 2.45) is 5.92 Å². The SMILES string of the molecule is CCCC(=O)OC1CCC2C(=O)C(Oc3ccc(OC)cc3)=COC2C1. The van der Waals surface area contributed by atoms with E-state index in [9.17, 15) is 9.59 Å². The van der Waals surface area contributed by atoms with E-state index in [0.717, 1.165) is 6.42 Å². The summed E-state index contributed by atoms with van der Waals surface area (Å²) in [7, 11) is 1.59. The van der Waals surface area contributed by atoms with E-state index in [4.69, 9.17) is 18.9 Å². The summed E-state index contributed by atoms with van der Waals surface area (Å²) in [5, 5.41) is 0. The zero-order valence-corrected chi connectivity index (χ0v) is 15.1. The summed E-state index contributed by atoms with van der Waals surface area (Å²) >= 11 is 0. The van der Waals surface area contributed by atoms with Crippen LogP contribution in [0.15, 0.2) is 36.3 Å². The van der Waals surface area contributed by atoms with Crippen molar-refractivity contribution in [1.29, 1.82) is 0 Å². The maximum absolute atomic E-state index is 12.7. The quantitative estimate of drug-likeness (QED) is 0.724. The number of hydrogen-bond donors (Lipinski definition) is 0. The molecule has 26 heavy (non-hydrogen) atoms. The third-order valence-corrected chi connectivity index (χ3v) is 4.71. The number of carbonyl (C=O) groups is 2. The lowest BCUT2D eigenvalue weighted by molar-refractivity contribution is -0.155. The van der Waals surface area contributed by atoms with Crippen LogP contribution in [0.2, 0.25) is 0 Å². The standard InChI is InChI=1S/C20H24O6/c1-3-4-19(21)26-15-9-10-16-17(11-15)24-12-18(20(16)22)25-14-7-5-13(23-2)6-8-14/h5-8,12,15-17H,3-4,9-11H2,1-2H3. The maximum atomic E-state index is 12.7. The zero-order valence-electron chi connectivity index (χ0n) is 15.1. The van der Waals surface area contributed by atoms with Crippen molar-refractivity contribution >= 4 is 11.8 Å². The van der Waals surface area contributed by atoms with Crippen molar-refractivity contribution in [3.63, 3.8) is 0 Å². The molecule has 0 N–H and O–H groups in total. The predicted molar refractivity (Wildman–Crippen MR) is 93.7 cm³/mol. The fourth-order valence-corrected chi connectivity index (χ4v) is 3.33. The van der Waals surface area contributed by atoms with Gasteiger partial charge in [0.2, 0.25) is 11.5 Å². The van der Waals surface area contributed by atoms with E-state index in [0.29, 0.717) is 37.2 Å². The molecule has 1 aliphatic heterocycles. The average Bonchev–Trinajstić information content (AvgIpc) is 2.65. The Kier molecular flexibility index (Phi) is 5.81. The molecule has 3 unspecified atom stereocenters. The number of methoxy groups -OCH3 is 1. The van der Waals surface area contributed by atoms with Crippen molar-refractivity contribution in [3.8, 4) is 11.5 Å². The van der Waals surface area contributed by atoms with Gasteiger partial charge < -0.3 is 18.9 Å². The largest absolute Gasteiger partial charge is 0.497 e. The van der Waals surface area contributed by atoms with Crippen molar-refractivity contribution < 1.29 is 28.5 Å². The Balaban J connectivity index is 1.60. The summed E-state index contributed by atoms with van der Waals surface area (Å²) in [6.07, 6.45) is 3.95. The van der Waals surface area contributed by atoms with Crippen LogP contribution in [0.5, 0.6) is 11.5 Å². The molecule has 2 aliphatic rings. The van der Waals surface area contributed by atoms with Crippen LogP contribution in [0.3, 0.4) is 0 Å². The molecule has 3 rings (SSSR count). The molecule has 1 fully saturated rings. The van der Waals surface area contributed by atoms with Gasteiger partial charge in [0, 0.05) is 12.8 Å². The number of rotatable bonds is 6. The lowest BCUT2D eigenvalue weighted by Crippen LogP contribution is -2.43. The van der Waals surface area contributed by atoms with Crippen LogP contribution >= 0.6 is 0 Å². The Labute approximate surface area is 153 Å². The van der Waals surface area contributed by atoms with Gasteiger partial charge in [0.25, 0.3) is 0 Å². The second-order valence-corrected chi connectivity index (χ2v) is 6.58. The number of hydrogen-bond acceptors (Lipinski definition) is 6. The number of ketones is 1. The molecule has 140 valence electrons. The molecule has 6 nitrogen and oxygen atoms in total. The molecule has 0 aromatic heterocycles. The summed E-state index contributed by atoms with van der Waals surface area (Å²) < 4.78 is 22.0. The third kappa shape index (κ3) is 4.18. The van der Waals surface area contributed by atoms with Crippen LogP contribution in [0.1, 0.15) is 39.0 Å². The van der Waals surface area contributed by atoms with E-state index in [-0.39, 0.29) is 35.6 Å². The number of fused-ring (bicyclic) bond motifs is 1. The van der Waals surface area contributed by atoms with E-state index in [2.05, 4.69) is 0 Å². The molecule has 1 aromatic carbocycles. The lowest BCUT2D eigenvalue weighted by Gasteiger charge is -2.36. The highest BCUT2D eigenvalue weighted by atomic mass is 16.6. The van der Waals surface area contributed by atoms with Crippen molar-refractivity contribution in [2.45, 2.75) is 51.2 Å². The summed E-state index contributed by atoms with van der Waals surface area (Å²) in [5.41, 5.74) is 0. The Morgan fingerprint density at radius 3 is 2.62 bits per heavy atom. The van der Waals surface area contributed by atoms with E-state index >= 15 is 0 Å². The zero-order chi connectivity index (χ0) is 18.5. The van der Waals surface area contributed by atoms with Gasteiger partial charge in [0.15, 0.2) is 0 Å². The van der Waals surface area contributed by atoms with Crippen molar-refractivity contribution in [1.82, 2.24) is 0 Å². The highest BCUT2D eigenvalue weighted by molar-refractivity contribution is 5.96. The summed E-state index contributed by atoms with van der Waals surface area (Å²) in [5.74, 6) is 0.975. The third-order valence-electron chi connectivity index (χ3n) is 4.71. The van der Waals surface area contributed by atoms with Crippen LogP contribution in [0.25, 0.3) is 0 Å². The second kappa shape index (κ2) is 8.25. The highest BCUT2D eigenvalue weighted by Crippen LogP contribution is 2.35. The minimum Gasteiger partial charge on any atom is -0.497 e. The van der Waals surface area contributed by atoms with Gasteiger partial charge >= 0.3 is 5.97 Å². The number of Topliss-reactive ketones (excluding diaryl/α,β-unsaturated/α-hetero) is 1. The highest BCUT2D eigenvalue weighted by Gasteiger charge is 2.42. The Bertz CT molecular complexity index is 678. The Morgan fingerprint density at radius 1 is 1.19 bits per heavy atom. The number of ether oxygens (including phenoxy) is 4. The number of allylic oxidation sites excluding steroid dienone is 1. The molecular formula is C20H24O6. The van der Waals surface area contributed by atoms with E-state index in [1.807, 2.05) is 6.92 Å². The van der Waals surface area contributed by atoms with Gasteiger partial charge in [-0.3, -0.25) is 9.59 Å². The topological polar surface area (TPSA) is 71.1 Å². The van der Waals surface area contributed by atoms with Crippen LogP contribution < -0.4 is 9.47 Å². The summed E-state index contributed by atoms with van der Waals surface area (Å²) in [6, 6.07) is 7.01. The molecule has 3 atom stereocenters. The lowest BCUT2D eigenvalue weighted by atomic mass is 9.80. The minimum atomic E-state index is -0.265. The van der Waals surface area contributed by atoms with Crippen LogP contribution in [-0.4, -0.2) is 31.1 Å². The monoisotopic (exact) mass is 360 g/mol. The molecule has 1 heterocycles. The first-order valence-corrected chi connectivity index (χ1v) is 9.02. The van der Waals surface area contributed by atoms with Crippen molar-refractivity contribution in [2.75, 3.05) is 7.11 Å². The molecule has 1 saturated carbocycles. The van der Waals surface area contributed by atoms with E-state index < -0.39 is 0 Å². The summed E-state index contributed by atoms with van der Waals surface area (Å²) in [4.78, 5) is 24.4. The van der Waals surface area contributed by atoms with Crippen LogP contribution in [-0.2, 0) is 19.1 Å². The summed E-state index contributed by atoms with van der Waals surface area (Å²) in [6.45, 7) is 1.94. The van der Waals surface area contributed by atoms with Gasteiger partial charge in [-0.25, -0.2) is 0 Å². The molecule has 1 aromatic rings. The second-order valence-electron chi connectivity index (χ2n) is 6.58. The first-order chi connectivity index (χ1) is 12.6. The molecule has 0 radical (unpaired) electrons. The number of carbonyl (C=O) groups excluding carboxylic acids is 2. The first-order valence-electron chi connectivity index (χ1n) is 9.02. The predicted octanol–water partition coefficient (Wildman–Crippen LogP) is 3.40. The smallest absolute Gasteiger partial charge is 0.306 e. The molecule has 6 heteroatoms. The molecule has 0 spiro atoms. The van der Waals surface area contributed by atoms with Crippen molar-refractivity contribution in [3.05, 3.63) is 36.3 Å². The molecule has 0 bridgehead atoms. The molecule has 0 saturated heterocycles. The molecule has 1 aliphatic carbocycles. The van der Waals surface area contributed by atoms with Gasteiger partial charge in [-0.2, -0.15) is 0 Å². The van der Waals surface area contributed by atoms with Gasteiger partial charge in [0.05, 0.1) is 13.0 Å². The van der Waals surface area contributed by atoms with Crippen LogP contribution in [0, 0.1) is 5.92 Å². The van der Waals surface area contributed by atoms with E-state index in [1.165, 1.54) is 6.26 Å². The normalized spacial score (nSPS) is 24.8. The number of benzene rings is 1. The van der Waals surface area contributed by atoms with Gasteiger partial charge in [-0.15, -0.1) is 0 Å².